The van der Waals surface area contributed by atoms with E-state index in [0.29, 0.717) is 38.3 Å². The van der Waals surface area contributed by atoms with Crippen LogP contribution in [-0.2, 0) is 16.3 Å². The molecule has 0 radical (unpaired) electrons. The summed E-state index contributed by atoms with van der Waals surface area (Å²) in [7, 11) is -3.22. The molecule has 0 spiro atoms. The van der Waals surface area contributed by atoms with Crippen molar-refractivity contribution in [1.82, 2.24) is 10.6 Å². The fraction of sp³-hybridized carbons (Fsp3) is 0.632. The third-order valence-electron chi connectivity index (χ3n) is 4.84. The monoisotopic (exact) mass is 547 g/mol. The molecule has 2 N–H and O–H groups in total. The number of alkyl halides is 3. The summed E-state index contributed by atoms with van der Waals surface area (Å²) in [5.74, 6) is -0.738. The van der Waals surface area contributed by atoms with E-state index in [0.717, 1.165) is 11.8 Å². The topological polar surface area (TPSA) is 70.6 Å². The van der Waals surface area contributed by atoms with Crippen molar-refractivity contribution < 1.29 is 21.6 Å². The Bertz CT molecular complexity index is 768. The first-order chi connectivity index (χ1) is 13.1. The van der Waals surface area contributed by atoms with Gasteiger partial charge in [-0.2, -0.15) is 13.2 Å². The van der Waals surface area contributed by atoms with Gasteiger partial charge >= 0.3 is 6.18 Å². The van der Waals surface area contributed by atoms with Gasteiger partial charge in [0.2, 0.25) is 0 Å². The molecule has 0 aliphatic heterocycles. The molecule has 10 heteroatoms. The number of hydrogen-bond acceptors (Lipinski definition) is 3. The first-order valence-corrected chi connectivity index (χ1v) is 11.4. The molecule has 5 nitrogen and oxygen atoms in total. The van der Waals surface area contributed by atoms with Crippen LogP contribution in [0, 0.1) is 5.92 Å². The molecule has 0 heterocycles. The Morgan fingerprint density at radius 2 is 1.86 bits per heavy atom. The van der Waals surface area contributed by atoms with E-state index >= 15 is 0 Å². The van der Waals surface area contributed by atoms with Crippen LogP contribution in [0.5, 0.6) is 0 Å². The van der Waals surface area contributed by atoms with Crippen LogP contribution < -0.4 is 10.6 Å². The van der Waals surface area contributed by atoms with Gasteiger partial charge in [0, 0.05) is 25.4 Å². The summed E-state index contributed by atoms with van der Waals surface area (Å²) in [5.41, 5.74) is 0.946. The first-order valence-electron chi connectivity index (χ1n) is 9.50. The SMILES string of the molecule is CCNC(=NCCc1ccc(S(C)(=O)=O)cc1)NC1CCCC(C(F)(F)F)C1.I. The number of sulfone groups is 1. The van der Waals surface area contributed by atoms with E-state index in [1.807, 2.05) is 6.92 Å². The number of nitrogens with one attached hydrogen (secondary N) is 2. The second-order valence-corrected chi connectivity index (χ2v) is 9.19. The molecule has 1 saturated carbocycles. The lowest BCUT2D eigenvalue weighted by molar-refractivity contribution is -0.183. The second-order valence-electron chi connectivity index (χ2n) is 7.17. The minimum atomic E-state index is -4.14. The maximum absolute atomic E-state index is 13.0. The van der Waals surface area contributed by atoms with Crippen LogP contribution >= 0.6 is 24.0 Å². The van der Waals surface area contributed by atoms with E-state index in [-0.39, 0.29) is 47.8 Å². The van der Waals surface area contributed by atoms with Gasteiger partial charge < -0.3 is 10.6 Å². The average Bonchev–Trinajstić information content (AvgIpc) is 2.61. The first kappa shape index (κ1) is 26.0. The zero-order valence-electron chi connectivity index (χ0n) is 16.6. The fourth-order valence-electron chi connectivity index (χ4n) is 3.33. The molecule has 29 heavy (non-hydrogen) atoms. The zero-order chi connectivity index (χ0) is 20.8. The van der Waals surface area contributed by atoms with Crippen molar-refractivity contribution in [2.45, 2.75) is 56.1 Å². The minimum Gasteiger partial charge on any atom is -0.357 e. The lowest BCUT2D eigenvalue weighted by Gasteiger charge is -2.31. The number of aliphatic imine (C=N–C) groups is 1. The Morgan fingerprint density at radius 1 is 1.21 bits per heavy atom. The van der Waals surface area contributed by atoms with Crippen molar-refractivity contribution in [1.29, 1.82) is 0 Å². The number of halogens is 4. The summed E-state index contributed by atoms with van der Waals surface area (Å²) in [4.78, 5) is 4.73. The molecule has 0 bridgehead atoms. The van der Waals surface area contributed by atoms with E-state index < -0.39 is 21.9 Å². The minimum absolute atomic E-state index is 0. The van der Waals surface area contributed by atoms with Crippen molar-refractivity contribution in [3.05, 3.63) is 29.8 Å². The Kier molecular flexibility index (Phi) is 10.2. The van der Waals surface area contributed by atoms with Crippen molar-refractivity contribution in [2.75, 3.05) is 19.3 Å². The van der Waals surface area contributed by atoms with Crippen molar-refractivity contribution in [3.63, 3.8) is 0 Å². The van der Waals surface area contributed by atoms with Gasteiger partial charge in [0.25, 0.3) is 0 Å². The normalized spacial score (nSPS) is 20.7. The highest BCUT2D eigenvalue weighted by Gasteiger charge is 2.42. The molecule has 1 aromatic carbocycles. The van der Waals surface area contributed by atoms with E-state index in [1.165, 1.54) is 0 Å². The Morgan fingerprint density at radius 3 is 2.41 bits per heavy atom. The van der Waals surface area contributed by atoms with Gasteiger partial charge in [-0.15, -0.1) is 24.0 Å². The lowest BCUT2D eigenvalue weighted by atomic mass is 9.85. The Balaban J connectivity index is 0.00000420. The third kappa shape index (κ3) is 8.69. The van der Waals surface area contributed by atoms with Gasteiger partial charge in [-0.25, -0.2) is 8.42 Å². The number of guanidine groups is 1. The molecule has 1 fully saturated rings. The van der Waals surface area contributed by atoms with Crippen LogP contribution in [0.4, 0.5) is 13.2 Å². The molecule has 0 aromatic heterocycles. The van der Waals surface area contributed by atoms with Gasteiger partial charge in [-0.05, 0) is 50.3 Å². The predicted octanol–water partition coefficient (Wildman–Crippen LogP) is 3.93. The molecule has 2 unspecified atom stereocenters. The largest absolute Gasteiger partial charge is 0.391 e. The lowest BCUT2D eigenvalue weighted by Crippen LogP contribution is -2.46. The van der Waals surface area contributed by atoms with Crippen LogP contribution in [0.3, 0.4) is 0 Å². The van der Waals surface area contributed by atoms with E-state index in [2.05, 4.69) is 15.6 Å². The van der Waals surface area contributed by atoms with Crippen molar-refractivity contribution in [2.24, 2.45) is 10.9 Å². The van der Waals surface area contributed by atoms with Crippen LogP contribution in [0.1, 0.15) is 38.2 Å². The average molecular weight is 547 g/mol. The van der Waals surface area contributed by atoms with E-state index in [9.17, 15) is 21.6 Å². The van der Waals surface area contributed by atoms with E-state index in [4.69, 9.17) is 0 Å². The maximum Gasteiger partial charge on any atom is 0.391 e. The van der Waals surface area contributed by atoms with Crippen LogP contribution in [-0.4, -0.2) is 45.9 Å². The predicted molar refractivity (Wildman–Crippen MR) is 120 cm³/mol. The summed E-state index contributed by atoms with van der Waals surface area (Å²) in [5, 5.41) is 6.21. The maximum atomic E-state index is 13.0. The molecule has 0 saturated heterocycles. The van der Waals surface area contributed by atoms with Crippen LogP contribution in [0.25, 0.3) is 0 Å². The summed E-state index contributed by atoms with van der Waals surface area (Å²) in [6.07, 6.45) is -0.864. The number of hydrogen-bond donors (Lipinski definition) is 2. The standard InChI is InChI=1S/C19H28F3N3O2S.HI/c1-3-23-18(25-16-6-4-5-15(13-16)19(20,21)22)24-12-11-14-7-9-17(10-8-14)28(2,26)27;/h7-10,15-16H,3-6,11-13H2,1-2H3,(H2,23,24,25);1H. The summed E-state index contributed by atoms with van der Waals surface area (Å²) in [6, 6.07) is 6.39. The molecule has 1 aromatic rings. The van der Waals surface area contributed by atoms with Crippen LogP contribution in [0.15, 0.2) is 34.2 Å². The summed E-state index contributed by atoms with van der Waals surface area (Å²) in [6.45, 7) is 2.97. The molecule has 2 atom stereocenters. The van der Waals surface area contributed by atoms with Gasteiger partial charge in [0.15, 0.2) is 15.8 Å². The molecular formula is C19H29F3IN3O2S. The summed E-state index contributed by atoms with van der Waals surface area (Å²) < 4.78 is 61.9. The second kappa shape index (κ2) is 11.4. The number of benzene rings is 1. The van der Waals surface area contributed by atoms with Crippen molar-refractivity contribution >= 4 is 39.8 Å². The summed E-state index contributed by atoms with van der Waals surface area (Å²) >= 11 is 0. The fourth-order valence-corrected chi connectivity index (χ4v) is 3.96. The van der Waals surface area contributed by atoms with Crippen molar-refractivity contribution in [3.8, 4) is 0 Å². The highest BCUT2D eigenvalue weighted by molar-refractivity contribution is 14.0. The van der Waals surface area contributed by atoms with Crippen LogP contribution in [0.2, 0.25) is 0 Å². The molecule has 166 valence electrons. The number of rotatable bonds is 6. The molecule has 1 aliphatic carbocycles. The van der Waals surface area contributed by atoms with Gasteiger partial charge in [-0.1, -0.05) is 18.6 Å². The zero-order valence-corrected chi connectivity index (χ0v) is 19.8. The van der Waals surface area contributed by atoms with Gasteiger partial charge in [0.05, 0.1) is 10.8 Å². The van der Waals surface area contributed by atoms with Gasteiger partial charge in [0.1, 0.15) is 0 Å². The molecule has 2 rings (SSSR count). The Hall–Kier alpha value is -1.04. The Labute approximate surface area is 187 Å². The molecule has 0 amide bonds. The highest BCUT2D eigenvalue weighted by Crippen LogP contribution is 2.37. The molecular weight excluding hydrogens is 518 g/mol. The highest BCUT2D eigenvalue weighted by atomic mass is 127. The molecule has 1 aliphatic rings. The quantitative estimate of drug-likeness (QED) is 0.322. The van der Waals surface area contributed by atoms with E-state index in [1.54, 1.807) is 24.3 Å². The smallest absolute Gasteiger partial charge is 0.357 e. The third-order valence-corrected chi connectivity index (χ3v) is 5.97. The van der Waals surface area contributed by atoms with Gasteiger partial charge in [-0.3, -0.25) is 4.99 Å². The number of nitrogens with zero attached hydrogens (tertiary/aromatic N) is 1.